The van der Waals surface area contributed by atoms with Crippen molar-refractivity contribution in [1.29, 1.82) is 0 Å². The van der Waals surface area contributed by atoms with Gasteiger partial charge in [-0.3, -0.25) is 9.59 Å². The number of nitrogens with one attached hydrogen (secondary N) is 1. The van der Waals surface area contributed by atoms with Crippen LogP contribution in [0.15, 0.2) is 59.9 Å². The first-order valence-corrected chi connectivity index (χ1v) is 12.1. The molecule has 1 amide bonds. The standard InChI is InChI=1S/C28H34N4O3/c1-3-20-5-4-6-21(15-20)18-30-23-9-11-31(12-10-23)13-14-32-26-16-22(19-35-2)7-8-24(26)25(28(29)34)17-27(32)33/h3-8,15-17,23,30H,1,9-14,18-19H2,2H3,(H2,29,34). The third-order valence-electron chi connectivity index (χ3n) is 6.76. The maximum absolute atomic E-state index is 12.9. The molecule has 184 valence electrons. The number of hydrogen-bond acceptors (Lipinski definition) is 5. The number of carbonyl (C=O) groups excluding carboxylic acids is 1. The van der Waals surface area contributed by atoms with Gasteiger partial charge in [0.15, 0.2) is 0 Å². The zero-order chi connectivity index (χ0) is 24.8. The number of aromatic nitrogens is 1. The van der Waals surface area contributed by atoms with Gasteiger partial charge in [-0.05, 0) is 48.7 Å². The lowest BCUT2D eigenvalue weighted by atomic mass is 10.0. The highest BCUT2D eigenvalue weighted by atomic mass is 16.5. The van der Waals surface area contributed by atoms with Crippen LogP contribution in [0, 0.1) is 0 Å². The number of primary amides is 1. The molecule has 4 rings (SSSR count). The molecule has 7 nitrogen and oxygen atoms in total. The molecule has 1 fully saturated rings. The van der Waals surface area contributed by atoms with Crippen molar-refractivity contribution >= 4 is 22.9 Å². The van der Waals surface area contributed by atoms with Gasteiger partial charge in [-0.15, -0.1) is 0 Å². The SMILES string of the molecule is C=Cc1cccc(CNC2CCN(CCn3c(=O)cc(C(N)=O)c4ccc(COC)cc43)CC2)c1. The molecule has 0 atom stereocenters. The largest absolute Gasteiger partial charge is 0.380 e. The minimum Gasteiger partial charge on any atom is -0.380 e. The summed E-state index contributed by atoms with van der Waals surface area (Å²) in [4.78, 5) is 27.2. The van der Waals surface area contributed by atoms with Crippen molar-refractivity contribution in [1.82, 2.24) is 14.8 Å². The van der Waals surface area contributed by atoms with E-state index in [1.54, 1.807) is 11.7 Å². The Morgan fingerprint density at radius 1 is 1.14 bits per heavy atom. The summed E-state index contributed by atoms with van der Waals surface area (Å²) >= 11 is 0. The van der Waals surface area contributed by atoms with Crippen LogP contribution in [-0.4, -0.2) is 48.2 Å². The second kappa shape index (κ2) is 11.4. The van der Waals surface area contributed by atoms with Crippen molar-refractivity contribution in [2.24, 2.45) is 5.73 Å². The first kappa shape index (κ1) is 24.9. The molecule has 1 aromatic heterocycles. The van der Waals surface area contributed by atoms with Crippen LogP contribution in [-0.2, 0) is 24.4 Å². The van der Waals surface area contributed by atoms with Gasteiger partial charge in [0, 0.05) is 44.2 Å². The van der Waals surface area contributed by atoms with Crippen molar-refractivity contribution in [3.63, 3.8) is 0 Å². The fraction of sp³-hybridized carbons (Fsp3) is 0.357. The van der Waals surface area contributed by atoms with Crippen LogP contribution in [0.2, 0.25) is 0 Å². The van der Waals surface area contributed by atoms with Crippen molar-refractivity contribution < 1.29 is 9.53 Å². The molecule has 1 aliphatic heterocycles. The number of piperidine rings is 1. The number of benzene rings is 2. The molecule has 0 radical (unpaired) electrons. The lowest BCUT2D eigenvalue weighted by Gasteiger charge is -2.32. The quantitative estimate of drug-likeness (QED) is 0.471. The molecular formula is C28H34N4O3. The van der Waals surface area contributed by atoms with Gasteiger partial charge in [0.05, 0.1) is 17.7 Å². The highest BCUT2D eigenvalue weighted by Gasteiger charge is 2.20. The molecule has 3 aromatic rings. The monoisotopic (exact) mass is 474 g/mol. The zero-order valence-electron chi connectivity index (χ0n) is 20.3. The number of carbonyl (C=O) groups is 1. The molecule has 2 aromatic carbocycles. The summed E-state index contributed by atoms with van der Waals surface area (Å²) in [6, 6.07) is 15.9. The van der Waals surface area contributed by atoms with Gasteiger partial charge in [0.1, 0.15) is 0 Å². The van der Waals surface area contributed by atoms with E-state index in [0.29, 0.717) is 24.6 Å². The van der Waals surface area contributed by atoms with Crippen molar-refractivity contribution in [3.8, 4) is 0 Å². The molecule has 1 saturated heterocycles. The number of nitrogens with two attached hydrogens (primary N) is 1. The van der Waals surface area contributed by atoms with Crippen molar-refractivity contribution in [2.45, 2.75) is 38.6 Å². The van der Waals surface area contributed by atoms with Gasteiger partial charge < -0.3 is 25.3 Å². The van der Waals surface area contributed by atoms with Crippen LogP contribution in [0.1, 0.15) is 39.9 Å². The summed E-state index contributed by atoms with van der Waals surface area (Å²) < 4.78 is 7.00. The minimum atomic E-state index is -0.593. The highest BCUT2D eigenvalue weighted by Crippen LogP contribution is 2.20. The number of pyridine rings is 1. The van der Waals surface area contributed by atoms with Crippen LogP contribution in [0.3, 0.4) is 0 Å². The van der Waals surface area contributed by atoms with Crippen LogP contribution in [0.5, 0.6) is 0 Å². The summed E-state index contributed by atoms with van der Waals surface area (Å²) in [6.45, 7) is 8.41. The second-order valence-electron chi connectivity index (χ2n) is 9.14. The van der Waals surface area contributed by atoms with Gasteiger partial charge in [0.2, 0.25) is 5.91 Å². The molecule has 0 unspecified atom stereocenters. The Balaban J connectivity index is 1.39. The summed E-state index contributed by atoms with van der Waals surface area (Å²) in [5.74, 6) is -0.593. The van der Waals surface area contributed by atoms with E-state index in [0.717, 1.165) is 55.7 Å². The average molecular weight is 475 g/mol. The number of ether oxygens (including phenoxy) is 1. The fourth-order valence-corrected chi connectivity index (χ4v) is 4.81. The Morgan fingerprint density at radius 2 is 1.94 bits per heavy atom. The van der Waals surface area contributed by atoms with Crippen molar-refractivity contribution in [3.05, 3.63) is 87.7 Å². The predicted octanol–water partition coefficient (Wildman–Crippen LogP) is 3.14. The van der Waals surface area contributed by atoms with E-state index in [9.17, 15) is 9.59 Å². The smallest absolute Gasteiger partial charge is 0.251 e. The molecule has 0 bridgehead atoms. The first-order chi connectivity index (χ1) is 17.0. The third-order valence-corrected chi connectivity index (χ3v) is 6.76. The van der Waals surface area contributed by atoms with E-state index >= 15 is 0 Å². The first-order valence-electron chi connectivity index (χ1n) is 12.1. The van der Waals surface area contributed by atoms with Gasteiger partial charge in [-0.2, -0.15) is 0 Å². The summed E-state index contributed by atoms with van der Waals surface area (Å²) in [5, 5.41) is 4.37. The Labute approximate surface area is 206 Å². The van der Waals surface area contributed by atoms with Crippen LogP contribution in [0.4, 0.5) is 0 Å². The van der Waals surface area contributed by atoms with Gasteiger partial charge >= 0.3 is 0 Å². The maximum atomic E-state index is 12.9. The molecule has 7 heteroatoms. The predicted molar refractivity (Wildman–Crippen MR) is 140 cm³/mol. The Morgan fingerprint density at radius 3 is 2.66 bits per heavy atom. The van der Waals surface area contributed by atoms with Gasteiger partial charge in [0.25, 0.3) is 5.56 Å². The highest BCUT2D eigenvalue weighted by molar-refractivity contribution is 6.05. The normalized spacial score (nSPS) is 14.9. The van der Waals surface area contributed by atoms with E-state index in [1.807, 2.05) is 24.3 Å². The topological polar surface area (TPSA) is 89.6 Å². The van der Waals surface area contributed by atoms with Crippen LogP contribution in [0.25, 0.3) is 17.0 Å². The maximum Gasteiger partial charge on any atom is 0.251 e. The number of rotatable bonds is 10. The Hall–Kier alpha value is -3.26. The number of amides is 1. The van der Waals surface area contributed by atoms with E-state index in [-0.39, 0.29) is 11.1 Å². The van der Waals surface area contributed by atoms with E-state index in [4.69, 9.17) is 10.5 Å². The molecule has 0 spiro atoms. The number of hydrogen-bond donors (Lipinski definition) is 2. The second-order valence-corrected chi connectivity index (χ2v) is 9.14. The lowest BCUT2D eigenvalue weighted by molar-refractivity contribution is 0.100. The van der Waals surface area contributed by atoms with Crippen LogP contribution < -0.4 is 16.6 Å². The summed E-state index contributed by atoms with van der Waals surface area (Å²) in [5.41, 5.74) is 9.67. The Bertz CT molecular complexity index is 1260. The molecular weight excluding hydrogens is 440 g/mol. The van der Waals surface area contributed by atoms with Crippen LogP contribution >= 0.6 is 0 Å². The number of likely N-dealkylation sites (tertiary alicyclic amines) is 1. The fourth-order valence-electron chi connectivity index (χ4n) is 4.81. The van der Waals surface area contributed by atoms with Gasteiger partial charge in [-0.25, -0.2) is 0 Å². The molecule has 0 saturated carbocycles. The number of nitrogens with zero attached hydrogens (tertiary/aromatic N) is 2. The summed E-state index contributed by atoms with van der Waals surface area (Å²) in [6.07, 6.45) is 4.00. The lowest BCUT2D eigenvalue weighted by Crippen LogP contribution is -2.43. The van der Waals surface area contributed by atoms with E-state index in [1.165, 1.54) is 11.6 Å². The van der Waals surface area contributed by atoms with E-state index in [2.05, 4.69) is 41.1 Å². The average Bonchev–Trinajstić information content (AvgIpc) is 2.87. The molecule has 0 aliphatic carbocycles. The molecule has 35 heavy (non-hydrogen) atoms. The molecule has 1 aliphatic rings. The Kier molecular flexibility index (Phi) is 8.13. The van der Waals surface area contributed by atoms with Gasteiger partial charge in [-0.1, -0.05) is 49.1 Å². The third kappa shape index (κ3) is 6.06. The minimum absolute atomic E-state index is 0.209. The summed E-state index contributed by atoms with van der Waals surface area (Å²) in [7, 11) is 1.63. The van der Waals surface area contributed by atoms with E-state index < -0.39 is 5.91 Å². The number of fused-ring (bicyclic) bond motifs is 1. The number of methoxy groups -OCH3 is 1. The zero-order valence-corrected chi connectivity index (χ0v) is 20.3. The molecule has 3 N–H and O–H groups in total. The molecule has 2 heterocycles. The van der Waals surface area contributed by atoms with Crippen molar-refractivity contribution in [2.75, 3.05) is 26.7 Å².